The first kappa shape index (κ1) is 22.1. The molecule has 0 aromatic heterocycles. The highest BCUT2D eigenvalue weighted by atomic mass is 16.2. The first-order valence-electron chi connectivity index (χ1n) is 10.4. The highest BCUT2D eigenvalue weighted by Crippen LogP contribution is 2.21. The number of anilines is 1. The molecule has 1 aromatic carbocycles. The van der Waals surface area contributed by atoms with Gasteiger partial charge in [0.15, 0.2) is 5.96 Å². The van der Waals surface area contributed by atoms with Crippen LogP contribution in [0.5, 0.6) is 0 Å². The minimum absolute atomic E-state index is 0.00670. The van der Waals surface area contributed by atoms with Gasteiger partial charge in [-0.3, -0.25) is 4.99 Å². The van der Waals surface area contributed by atoms with Crippen molar-refractivity contribution in [2.75, 3.05) is 25.5 Å². The number of urea groups is 1. The Hall–Kier alpha value is -2.24. The first-order valence-corrected chi connectivity index (χ1v) is 10.4. The summed E-state index contributed by atoms with van der Waals surface area (Å²) in [6.45, 7) is 11.3. The van der Waals surface area contributed by atoms with E-state index in [1.165, 1.54) is 0 Å². The summed E-state index contributed by atoms with van der Waals surface area (Å²) in [5, 5.41) is 9.82. The maximum Gasteiger partial charge on any atom is 0.321 e. The normalized spacial score (nSPS) is 16.0. The van der Waals surface area contributed by atoms with E-state index in [1.807, 2.05) is 23.1 Å². The molecule has 1 heterocycles. The minimum Gasteiger partial charge on any atom is -0.354 e. The third-order valence-electron chi connectivity index (χ3n) is 4.97. The molecule has 1 saturated heterocycles. The summed E-state index contributed by atoms with van der Waals surface area (Å²) < 4.78 is 0. The zero-order valence-corrected chi connectivity index (χ0v) is 18.1. The number of likely N-dealkylation sites (tertiary alicyclic amines) is 1. The number of hydrogen-bond acceptors (Lipinski definition) is 2. The molecule has 1 atom stereocenters. The van der Waals surface area contributed by atoms with E-state index in [1.54, 1.807) is 7.05 Å². The molecule has 3 N–H and O–H groups in total. The third-order valence-corrected chi connectivity index (χ3v) is 4.97. The van der Waals surface area contributed by atoms with Crippen molar-refractivity contribution in [2.24, 2.45) is 10.4 Å². The van der Waals surface area contributed by atoms with Crippen LogP contribution in [0.2, 0.25) is 0 Å². The standard InChI is InChI=1S/C22H37N5O/c1-17(11-12-22(2,3)4)25-20(23-5)24-16-18-9-8-10-19(15-18)26-21(28)27-13-6-7-14-27/h8-10,15,17H,6-7,11-14,16H2,1-5H3,(H,26,28)(H2,23,24,25). The molecule has 28 heavy (non-hydrogen) atoms. The second-order valence-electron chi connectivity index (χ2n) is 8.90. The van der Waals surface area contributed by atoms with E-state index in [4.69, 9.17) is 0 Å². The summed E-state index contributed by atoms with van der Waals surface area (Å²) in [5.74, 6) is 0.799. The molecule has 1 aromatic rings. The largest absolute Gasteiger partial charge is 0.354 e. The number of benzene rings is 1. The molecule has 0 bridgehead atoms. The van der Waals surface area contributed by atoms with Crippen LogP contribution in [0.1, 0.15) is 58.9 Å². The van der Waals surface area contributed by atoms with Crippen molar-refractivity contribution in [2.45, 2.75) is 66.0 Å². The Kier molecular flexibility index (Phi) is 8.15. The van der Waals surface area contributed by atoms with Gasteiger partial charge in [-0.2, -0.15) is 0 Å². The fourth-order valence-electron chi connectivity index (χ4n) is 3.22. The van der Waals surface area contributed by atoms with Crippen molar-refractivity contribution in [1.82, 2.24) is 15.5 Å². The van der Waals surface area contributed by atoms with Gasteiger partial charge in [0.05, 0.1) is 0 Å². The van der Waals surface area contributed by atoms with E-state index in [9.17, 15) is 4.79 Å². The number of guanidine groups is 1. The van der Waals surface area contributed by atoms with Crippen LogP contribution < -0.4 is 16.0 Å². The fourth-order valence-corrected chi connectivity index (χ4v) is 3.22. The molecule has 1 aliphatic rings. The Morgan fingerprint density at radius 3 is 2.61 bits per heavy atom. The number of carbonyl (C=O) groups excluding carboxylic acids is 1. The van der Waals surface area contributed by atoms with Gasteiger partial charge in [-0.05, 0) is 55.7 Å². The lowest BCUT2D eigenvalue weighted by Gasteiger charge is -2.23. The number of carbonyl (C=O) groups is 1. The molecule has 6 heteroatoms. The number of hydrogen-bond donors (Lipinski definition) is 3. The van der Waals surface area contributed by atoms with Gasteiger partial charge in [0.2, 0.25) is 0 Å². The highest BCUT2D eigenvalue weighted by Gasteiger charge is 2.17. The van der Waals surface area contributed by atoms with Crippen LogP contribution in [-0.2, 0) is 6.54 Å². The number of rotatable bonds is 6. The molecule has 1 fully saturated rings. The lowest BCUT2D eigenvalue weighted by atomic mass is 9.89. The Bertz CT molecular complexity index is 659. The van der Waals surface area contributed by atoms with Crippen LogP contribution in [0.25, 0.3) is 0 Å². The smallest absolute Gasteiger partial charge is 0.321 e. The first-order chi connectivity index (χ1) is 13.3. The molecule has 2 rings (SSSR count). The topological polar surface area (TPSA) is 68.8 Å². The van der Waals surface area contributed by atoms with E-state index in [2.05, 4.69) is 54.7 Å². The summed E-state index contributed by atoms with van der Waals surface area (Å²) >= 11 is 0. The molecule has 6 nitrogen and oxygen atoms in total. The van der Waals surface area contributed by atoms with Crippen LogP contribution in [0, 0.1) is 5.41 Å². The third kappa shape index (κ3) is 7.79. The van der Waals surface area contributed by atoms with Gasteiger partial charge in [0.1, 0.15) is 0 Å². The van der Waals surface area contributed by atoms with Crippen LogP contribution in [0.15, 0.2) is 29.3 Å². The molecule has 2 amide bonds. The van der Waals surface area contributed by atoms with Crippen molar-refractivity contribution in [3.63, 3.8) is 0 Å². The van der Waals surface area contributed by atoms with Gasteiger partial charge < -0.3 is 20.9 Å². The van der Waals surface area contributed by atoms with Crippen molar-refractivity contribution in [1.29, 1.82) is 0 Å². The SMILES string of the molecule is CN=C(NCc1cccc(NC(=O)N2CCCC2)c1)NC(C)CCC(C)(C)C. The van der Waals surface area contributed by atoms with Crippen molar-refractivity contribution in [3.8, 4) is 0 Å². The molecular formula is C22H37N5O. The molecule has 0 saturated carbocycles. The lowest BCUT2D eigenvalue weighted by molar-refractivity contribution is 0.222. The maximum atomic E-state index is 12.3. The number of aliphatic imine (C=N–C) groups is 1. The molecule has 0 aliphatic carbocycles. The fraction of sp³-hybridized carbons (Fsp3) is 0.636. The number of amides is 2. The summed E-state index contributed by atoms with van der Waals surface area (Å²) in [6.07, 6.45) is 4.45. The van der Waals surface area contributed by atoms with Gasteiger partial charge >= 0.3 is 6.03 Å². The maximum absolute atomic E-state index is 12.3. The number of nitrogens with zero attached hydrogens (tertiary/aromatic N) is 2. The lowest BCUT2D eigenvalue weighted by Crippen LogP contribution is -2.42. The Morgan fingerprint density at radius 2 is 1.96 bits per heavy atom. The second kappa shape index (κ2) is 10.3. The summed E-state index contributed by atoms with van der Waals surface area (Å²) in [4.78, 5) is 18.5. The van der Waals surface area contributed by atoms with Crippen LogP contribution >= 0.6 is 0 Å². The van der Waals surface area contributed by atoms with Gasteiger partial charge in [0, 0.05) is 38.4 Å². The van der Waals surface area contributed by atoms with Crippen LogP contribution in [0.3, 0.4) is 0 Å². The predicted octanol–water partition coefficient (Wildman–Crippen LogP) is 4.19. The second-order valence-corrected chi connectivity index (χ2v) is 8.90. The Labute approximate surface area is 170 Å². The van der Waals surface area contributed by atoms with Crippen molar-refractivity contribution >= 4 is 17.7 Å². The van der Waals surface area contributed by atoms with E-state index in [0.717, 1.165) is 56.0 Å². The molecule has 156 valence electrons. The average molecular weight is 388 g/mol. The van der Waals surface area contributed by atoms with Gasteiger partial charge in [-0.15, -0.1) is 0 Å². The van der Waals surface area contributed by atoms with Crippen molar-refractivity contribution < 1.29 is 4.79 Å². The highest BCUT2D eigenvalue weighted by molar-refractivity contribution is 5.89. The molecule has 0 spiro atoms. The molecule has 1 unspecified atom stereocenters. The zero-order valence-electron chi connectivity index (χ0n) is 18.1. The van der Waals surface area contributed by atoms with Gasteiger partial charge in [-0.1, -0.05) is 32.9 Å². The van der Waals surface area contributed by atoms with E-state index in [-0.39, 0.29) is 6.03 Å². The van der Waals surface area contributed by atoms with E-state index >= 15 is 0 Å². The van der Waals surface area contributed by atoms with E-state index in [0.29, 0.717) is 18.0 Å². The van der Waals surface area contributed by atoms with Crippen molar-refractivity contribution in [3.05, 3.63) is 29.8 Å². The average Bonchev–Trinajstić information content (AvgIpc) is 3.18. The predicted molar refractivity (Wildman–Crippen MR) is 118 cm³/mol. The monoisotopic (exact) mass is 387 g/mol. The van der Waals surface area contributed by atoms with Crippen LogP contribution in [0.4, 0.5) is 10.5 Å². The molecule has 1 aliphatic heterocycles. The summed E-state index contributed by atoms with van der Waals surface area (Å²) in [5.41, 5.74) is 2.27. The summed E-state index contributed by atoms with van der Waals surface area (Å²) in [7, 11) is 1.79. The summed E-state index contributed by atoms with van der Waals surface area (Å²) in [6, 6.07) is 8.31. The minimum atomic E-state index is -0.00670. The molecular weight excluding hydrogens is 350 g/mol. The quantitative estimate of drug-likeness (QED) is 0.506. The van der Waals surface area contributed by atoms with Gasteiger partial charge in [-0.25, -0.2) is 4.79 Å². The van der Waals surface area contributed by atoms with Gasteiger partial charge in [0.25, 0.3) is 0 Å². The molecule has 0 radical (unpaired) electrons. The van der Waals surface area contributed by atoms with E-state index < -0.39 is 0 Å². The zero-order chi connectivity index (χ0) is 20.6. The number of nitrogens with one attached hydrogen (secondary N) is 3. The Balaban J connectivity index is 1.82. The Morgan fingerprint density at radius 1 is 1.25 bits per heavy atom. The van der Waals surface area contributed by atoms with Crippen LogP contribution in [-0.4, -0.2) is 43.1 Å².